The largest absolute Gasteiger partial charge is 0.468 e. The number of para-hydroxylation sites is 1. The van der Waals surface area contributed by atoms with Gasteiger partial charge < -0.3 is 10.1 Å². The second-order valence-corrected chi connectivity index (χ2v) is 6.60. The smallest absolute Gasteiger partial charge is 0.332 e. The molecule has 0 aliphatic heterocycles. The minimum absolute atomic E-state index is 0.0267. The van der Waals surface area contributed by atoms with Crippen LogP contribution in [0.5, 0.6) is 5.75 Å². The maximum absolute atomic E-state index is 12.4. The van der Waals surface area contributed by atoms with E-state index in [4.69, 9.17) is 27.9 Å². The zero-order chi connectivity index (χ0) is 20.4. The number of carbonyl (C=O) groups is 1. The van der Waals surface area contributed by atoms with Crippen molar-refractivity contribution in [3.63, 3.8) is 0 Å². The predicted octanol–water partition coefficient (Wildman–Crippen LogP) is 1.88. The van der Waals surface area contributed by atoms with Crippen LogP contribution in [0.1, 0.15) is 10.5 Å². The molecule has 0 atom stereocenters. The molecule has 0 saturated heterocycles. The van der Waals surface area contributed by atoms with Crippen molar-refractivity contribution in [1.82, 2.24) is 18.9 Å². The Bertz CT molecular complexity index is 1140. The number of halogens is 2. The summed E-state index contributed by atoms with van der Waals surface area (Å²) < 4.78 is 9.00. The highest BCUT2D eigenvalue weighted by atomic mass is 35.5. The van der Waals surface area contributed by atoms with E-state index >= 15 is 0 Å². The number of anilines is 1. The molecule has 0 bridgehead atoms. The van der Waals surface area contributed by atoms with E-state index in [0.717, 1.165) is 15.2 Å². The molecule has 2 heterocycles. The molecule has 0 saturated carbocycles. The first kappa shape index (κ1) is 19.7. The summed E-state index contributed by atoms with van der Waals surface area (Å²) in [5, 5.41) is 7.29. The van der Waals surface area contributed by atoms with Crippen molar-refractivity contribution in [3.8, 4) is 5.75 Å². The average Bonchev–Trinajstić information content (AvgIpc) is 3.13. The van der Waals surface area contributed by atoms with Crippen LogP contribution >= 0.6 is 23.2 Å². The van der Waals surface area contributed by atoms with Gasteiger partial charge in [0.2, 0.25) is 0 Å². The molecule has 146 valence electrons. The third kappa shape index (κ3) is 3.95. The Balaban J connectivity index is 1.73. The minimum Gasteiger partial charge on any atom is -0.468 e. The first-order chi connectivity index (χ1) is 13.3. The maximum atomic E-state index is 12.4. The normalized spacial score (nSPS) is 10.7. The first-order valence-electron chi connectivity index (χ1n) is 7.96. The lowest BCUT2D eigenvalue weighted by Gasteiger charge is -2.10. The number of carbonyl (C=O) groups excluding carboxylic acids is 1. The standard InChI is InChI=1S/C17H15Cl2N5O4/c1-22-13(8-14(25)23(2)17(22)27)20-16(26)12-6-7-24(21-12)9-28-15-10(18)4-3-5-11(15)19/h3-8H,9H2,1-2H3,(H,20,26). The Morgan fingerprint density at radius 2 is 1.82 bits per heavy atom. The number of ether oxygens (including phenoxy) is 1. The second-order valence-electron chi connectivity index (χ2n) is 5.79. The van der Waals surface area contributed by atoms with Gasteiger partial charge in [0.1, 0.15) is 5.82 Å². The Morgan fingerprint density at radius 1 is 1.14 bits per heavy atom. The molecule has 11 heteroatoms. The number of hydrogen-bond acceptors (Lipinski definition) is 5. The summed E-state index contributed by atoms with van der Waals surface area (Å²) in [6.45, 7) is -0.0267. The molecule has 0 aliphatic carbocycles. The quantitative estimate of drug-likeness (QED) is 0.674. The molecule has 3 aromatic rings. The lowest BCUT2D eigenvalue weighted by atomic mass is 10.3. The van der Waals surface area contributed by atoms with Crippen LogP contribution in [0.3, 0.4) is 0 Å². The summed E-state index contributed by atoms with van der Waals surface area (Å²) in [4.78, 5) is 36.0. The van der Waals surface area contributed by atoms with Gasteiger partial charge in [0.25, 0.3) is 11.5 Å². The van der Waals surface area contributed by atoms with Gasteiger partial charge in [0.05, 0.1) is 10.0 Å². The summed E-state index contributed by atoms with van der Waals surface area (Å²) >= 11 is 12.1. The lowest BCUT2D eigenvalue weighted by molar-refractivity contribution is 0.101. The SMILES string of the molecule is Cn1c(NC(=O)c2ccn(COc3c(Cl)cccc3Cl)n2)cc(=O)n(C)c1=O. The second kappa shape index (κ2) is 7.91. The van der Waals surface area contributed by atoms with Gasteiger partial charge in [-0.2, -0.15) is 5.10 Å². The van der Waals surface area contributed by atoms with E-state index in [1.165, 1.54) is 31.0 Å². The summed E-state index contributed by atoms with van der Waals surface area (Å²) in [5.74, 6) is -0.216. The van der Waals surface area contributed by atoms with Crippen molar-refractivity contribution in [3.05, 3.63) is 73.1 Å². The van der Waals surface area contributed by atoms with Gasteiger partial charge >= 0.3 is 5.69 Å². The highest BCUT2D eigenvalue weighted by Crippen LogP contribution is 2.32. The van der Waals surface area contributed by atoms with Crippen LogP contribution in [0.2, 0.25) is 10.0 Å². The zero-order valence-electron chi connectivity index (χ0n) is 14.8. The Morgan fingerprint density at radius 3 is 2.50 bits per heavy atom. The van der Waals surface area contributed by atoms with Crippen molar-refractivity contribution in [2.24, 2.45) is 14.1 Å². The Kier molecular flexibility index (Phi) is 5.57. The Labute approximate surface area is 168 Å². The van der Waals surface area contributed by atoms with Crippen LogP contribution in [0.4, 0.5) is 5.82 Å². The fraction of sp³-hybridized carbons (Fsp3) is 0.176. The third-order valence-corrected chi connectivity index (χ3v) is 4.50. The first-order valence-corrected chi connectivity index (χ1v) is 8.72. The van der Waals surface area contributed by atoms with E-state index in [1.54, 1.807) is 18.2 Å². The van der Waals surface area contributed by atoms with Crippen molar-refractivity contribution >= 4 is 34.9 Å². The van der Waals surface area contributed by atoms with Crippen molar-refractivity contribution in [2.45, 2.75) is 6.73 Å². The monoisotopic (exact) mass is 423 g/mol. The van der Waals surface area contributed by atoms with E-state index in [-0.39, 0.29) is 18.2 Å². The van der Waals surface area contributed by atoms with E-state index in [9.17, 15) is 14.4 Å². The van der Waals surface area contributed by atoms with E-state index in [2.05, 4.69) is 10.4 Å². The van der Waals surface area contributed by atoms with Gasteiger partial charge in [0.15, 0.2) is 18.2 Å². The number of rotatable bonds is 5. The molecule has 0 spiro atoms. The van der Waals surface area contributed by atoms with E-state index in [0.29, 0.717) is 15.8 Å². The summed E-state index contributed by atoms with van der Waals surface area (Å²) in [7, 11) is 2.79. The molecule has 28 heavy (non-hydrogen) atoms. The summed E-state index contributed by atoms with van der Waals surface area (Å²) in [6.07, 6.45) is 1.53. The molecule has 0 unspecified atom stereocenters. The molecular weight excluding hydrogens is 409 g/mol. The molecular formula is C17H15Cl2N5O4. The minimum atomic E-state index is -0.585. The van der Waals surface area contributed by atoms with Crippen LogP contribution in [0.25, 0.3) is 0 Å². The van der Waals surface area contributed by atoms with Gasteiger partial charge in [-0.3, -0.25) is 18.7 Å². The molecule has 1 N–H and O–H groups in total. The maximum Gasteiger partial charge on any atom is 0.332 e. The van der Waals surface area contributed by atoms with E-state index < -0.39 is 17.2 Å². The summed E-state index contributed by atoms with van der Waals surface area (Å²) in [6, 6.07) is 7.58. The van der Waals surface area contributed by atoms with Gasteiger partial charge in [-0.05, 0) is 18.2 Å². The predicted molar refractivity (Wildman–Crippen MR) is 104 cm³/mol. The Hall–Kier alpha value is -3.04. The number of amides is 1. The fourth-order valence-electron chi connectivity index (χ4n) is 2.34. The zero-order valence-corrected chi connectivity index (χ0v) is 16.4. The molecule has 0 fully saturated rings. The molecule has 1 amide bonds. The van der Waals surface area contributed by atoms with Crippen molar-refractivity contribution < 1.29 is 9.53 Å². The highest BCUT2D eigenvalue weighted by Gasteiger charge is 2.14. The van der Waals surface area contributed by atoms with Crippen LogP contribution < -0.4 is 21.3 Å². The van der Waals surface area contributed by atoms with Gasteiger partial charge in [0, 0.05) is 26.4 Å². The van der Waals surface area contributed by atoms with E-state index in [1.807, 2.05) is 0 Å². The molecule has 3 rings (SSSR count). The van der Waals surface area contributed by atoms with Gasteiger partial charge in [-0.1, -0.05) is 29.3 Å². The van der Waals surface area contributed by atoms with Gasteiger partial charge in [-0.25, -0.2) is 9.48 Å². The molecule has 1 aromatic carbocycles. The molecule has 2 aromatic heterocycles. The van der Waals surface area contributed by atoms with Crippen LogP contribution in [-0.4, -0.2) is 24.8 Å². The number of hydrogen-bond donors (Lipinski definition) is 1. The highest BCUT2D eigenvalue weighted by molar-refractivity contribution is 6.37. The van der Waals surface area contributed by atoms with Crippen LogP contribution in [0.15, 0.2) is 46.1 Å². The van der Waals surface area contributed by atoms with Crippen molar-refractivity contribution in [2.75, 3.05) is 5.32 Å². The number of benzene rings is 1. The van der Waals surface area contributed by atoms with Crippen molar-refractivity contribution in [1.29, 1.82) is 0 Å². The number of aromatic nitrogens is 4. The number of nitrogens with one attached hydrogen (secondary N) is 1. The fourth-order valence-corrected chi connectivity index (χ4v) is 2.85. The topological polar surface area (TPSA) is 100 Å². The number of nitrogens with zero attached hydrogens (tertiary/aromatic N) is 4. The van der Waals surface area contributed by atoms with Crippen LogP contribution in [-0.2, 0) is 20.8 Å². The van der Waals surface area contributed by atoms with Gasteiger partial charge in [-0.15, -0.1) is 0 Å². The van der Waals surface area contributed by atoms with Crippen LogP contribution in [0, 0.1) is 0 Å². The average molecular weight is 424 g/mol. The third-order valence-electron chi connectivity index (χ3n) is 3.90. The summed E-state index contributed by atoms with van der Waals surface area (Å²) in [5.41, 5.74) is -1.02. The molecule has 0 aliphatic rings. The molecule has 9 nitrogen and oxygen atoms in total. The molecule has 0 radical (unpaired) electrons. The lowest BCUT2D eigenvalue weighted by Crippen LogP contribution is -2.38.